The smallest absolute Gasteiger partial charge is 0.147 e. The van der Waals surface area contributed by atoms with Crippen LogP contribution >= 0.6 is 0 Å². The second-order valence-electron chi connectivity index (χ2n) is 9.19. The van der Waals surface area contributed by atoms with E-state index in [1.54, 1.807) is 12.1 Å². The zero-order valence-electron chi connectivity index (χ0n) is 20.2. The lowest BCUT2D eigenvalue weighted by Crippen LogP contribution is -2.36. The quantitative estimate of drug-likeness (QED) is 0.425. The molecule has 0 spiro atoms. The number of anilines is 1. The number of hydrogen-bond donors (Lipinski definition) is 1. The molecule has 6 rings (SSSR count). The molecule has 2 aromatic heterocycles. The number of H-pyrrole nitrogens is 1. The predicted octanol–water partition coefficient (Wildman–Crippen LogP) is 4.70. The van der Waals surface area contributed by atoms with Crippen molar-refractivity contribution < 1.29 is 18.6 Å². The van der Waals surface area contributed by atoms with Gasteiger partial charge in [-0.1, -0.05) is 6.07 Å². The zero-order valence-corrected chi connectivity index (χ0v) is 20.2. The van der Waals surface area contributed by atoms with Crippen molar-refractivity contribution in [2.45, 2.75) is 18.9 Å². The molecule has 4 aromatic rings. The average molecular weight is 500 g/mol. The largest absolute Gasteiger partial charge is 0.489 e. The summed E-state index contributed by atoms with van der Waals surface area (Å²) in [5, 5.41) is 10.6. The van der Waals surface area contributed by atoms with Crippen LogP contribution < -0.4 is 9.64 Å². The normalized spacial score (nSPS) is 16.6. The predicted molar refractivity (Wildman–Crippen MR) is 137 cm³/mol. The monoisotopic (exact) mass is 499 g/mol. The number of morpholine rings is 1. The van der Waals surface area contributed by atoms with Crippen LogP contribution in [-0.4, -0.2) is 60.6 Å². The number of benzene rings is 2. The highest BCUT2D eigenvalue weighted by atomic mass is 19.1. The molecule has 2 aliphatic heterocycles. The summed E-state index contributed by atoms with van der Waals surface area (Å²) in [6.07, 6.45) is 3.14. The SMILES string of the molecule is N#Cc1cc(-c2ncnc3[nH]c(-c4ccc(N5CCOCC5)c(F)c4)cc23)ccc1OC1CCOCC1. The number of ether oxygens (including phenoxy) is 3. The van der Waals surface area contributed by atoms with E-state index in [1.807, 2.05) is 35.2 Å². The lowest BCUT2D eigenvalue weighted by atomic mass is 10.0. The highest BCUT2D eigenvalue weighted by Gasteiger charge is 2.20. The molecule has 0 atom stereocenters. The Kier molecular flexibility index (Phi) is 6.43. The van der Waals surface area contributed by atoms with Gasteiger partial charge in [0.2, 0.25) is 0 Å². The Morgan fingerprint density at radius 3 is 2.54 bits per heavy atom. The molecular weight excluding hydrogens is 473 g/mol. The van der Waals surface area contributed by atoms with Crippen molar-refractivity contribution in [2.24, 2.45) is 0 Å². The number of hydrogen-bond acceptors (Lipinski definition) is 7. The van der Waals surface area contributed by atoms with Crippen molar-refractivity contribution in [3.05, 3.63) is 60.2 Å². The molecule has 0 unspecified atom stereocenters. The van der Waals surface area contributed by atoms with Crippen LogP contribution in [0.1, 0.15) is 18.4 Å². The van der Waals surface area contributed by atoms with E-state index >= 15 is 4.39 Å². The molecular formula is C28H26FN5O3. The van der Waals surface area contributed by atoms with Crippen LogP contribution in [0.5, 0.6) is 5.75 Å². The second-order valence-corrected chi connectivity index (χ2v) is 9.19. The summed E-state index contributed by atoms with van der Waals surface area (Å²) in [6.45, 7) is 3.87. The first-order valence-corrected chi connectivity index (χ1v) is 12.4. The molecule has 188 valence electrons. The number of aromatic nitrogens is 3. The Bertz CT molecular complexity index is 1470. The molecule has 0 amide bonds. The lowest BCUT2D eigenvalue weighted by Gasteiger charge is -2.29. The molecule has 9 heteroatoms. The molecule has 4 heterocycles. The van der Waals surface area contributed by atoms with E-state index in [0.717, 1.165) is 35.0 Å². The molecule has 8 nitrogen and oxygen atoms in total. The maximum Gasteiger partial charge on any atom is 0.147 e. The third-order valence-corrected chi connectivity index (χ3v) is 6.87. The summed E-state index contributed by atoms with van der Waals surface area (Å²) in [4.78, 5) is 14.2. The van der Waals surface area contributed by atoms with Crippen molar-refractivity contribution in [2.75, 3.05) is 44.4 Å². The van der Waals surface area contributed by atoms with Crippen LogP contribution in [0.15, 0.2) is 48.8 Å². The number of nitriles is 1. The van der Waals surface area contributed by atoms with E-state index in [2.05, 4.69) is 21.0 Å². The molecule has 2 saturated heterocycles. The summed E-state index contributed by atoms with van der Waals surface area (Å²) in [7, 11) is 0. The first-order valence-electron chi connectivity index (χ1n) is 12.4. The van der Waals surface area contributed by atoms with E-state index < -0.39 is 0 Å². The van der Waals surface area contributed by atoms with Gasteiger partial charge in [0.05, 0.1) is 43.4 Å². The van der Waals surface area contributed by atoms with Gasteiger partial charge in [0.25, 0.3) is 0 Å². The molecule has 0 bridgehead atoms. The molecule has 2 aromatic carbocycles. The first kappa shape index (κ1) is 23.4. The van der Waals surface area contributed by atoms with Gasteiger partial charge in [-0.15, -0.1) is 0 Å². The van der Waals surface area contributed by atoms with E-state index in [9.17, 15) is 5.26 Å². The van der Waals surface area contributed by atoms with Crippen molar-refractivity contribution >= 4 is 16.7 Å². The van der Waals surface area contributed by atoms with Crippen molar-refractivity contribution in [3.8, 4) is 34.3 Å². The molecule has 37 heavy (non-hydrogen) atoms. The number of nitrogens with zero attached hydrogens (tertiary/aromatic N) is 4. The number of halogens is 1. The van der Waals surface area contributed by atoms with Crippen LogP contribution in [0.3, 0.4) is 0 Å². The third kappa shape index (κ3) is 4.73. The highest BCUT2D eigenvalue weighted by Crippen LogP contribution is 2.34. The van der Waals surface area contributed by atoms with Crippen molar-refractivity contribution in [3.63, 3.8) is 0 Å². The summed E-state index contributed by atoms with van der Waals surface area (Å²) in [6, 6.07) is 14.9. The first-order chi connectivity index (χ1) is 18.2. The van der Waals surface area contributed by atoms with Gasteiger partial charge in [-0.05, 0) is 36.4 Å². The van der Waals surface area contributed by atoms with Crippen LogP contribution in [0, 0.1) is 17.1 Å². The number of aromatic amines is 1. The summed E-state index contributed by atoms with van der Waals surface area (Å²) in [5.41, 5.74) is 4.59. The van der Waals surface area contributed by atoms with Gasteiger partial charge in [-0.2, -0.15) is 5.26 Å². The summed E-state index contributed by atoms with van der Waals surface area (Å²) in [5.74, 6) is 0.289. The van der Waals surface area contributed by atoms with Crippen LogP contribution in [-0.2, 0) is 9.47 Å². The van der Waals surface area contributed by atoms with Crippen molar-refractivity contribution in [1.82, 2.24) is 15.0 Å². The number of nitrogens with one attached hydrogen (secondary N) is 1. The van der Waals surface area contributed by atoms with Gasteiger partial charge in [-0.25, -0.2) is 14.4 Å². The molecule has 0 radical (unpaired) electrons. The Hall–Kier alpha value is -4.00. The topological polar surface area (TPSA) is 96.3 Å². The maximum atomic E-state index is 15.0. The van der Waals surface area contributed by atoms with Gasteiger partial charge < -0.3 is 24.1 Å². The molecule has 0 aliphatic carbocycles. The fourth-order valence-electron chi connectivity index (χ4n) is 4.90. The zero-order chi connectivity index (χ0) is 25.2. The maximum absolute atomic E-state index is 15.0. The van der Waals surface area contributed by atoms with E-state index in [-0.39, 0.29) is 11.9 Å². The second kappa shape index (κ2) is 10.2. The average Bonchev–Trinajstić information content (AvgIpc) is 3.39. The van der Waals surface area contributed by atoms with Crippen LogP contribution in [0.2, 0.25) is 0 Å². The summed E-state index contributed by atoms with van der Waals surface area (Å²) >= 11 is 0. The van der Waals surface area contributed by atoms with Crippen LogP contribution in [0.4, 0.5) is 10.1 Å². The van der Waals surface area contributed by atoms with Gasteiger partial charge in [0.1, 0.15) is 35.7 Å². The van der Waals surface area contributed by atoms with E-state index in [1.165, 1.54) is 6.33 Å². The van der Waals surface area contributed by atoms with Gasteiger partial charge in [-0.3, -0.25) is 0 Å². The van der Waals surface area contributed by atoms with Gasteiger partial charge in [0.15, 0.2) is 0 Å². The standard InChI is InChI=1S/C28H26FN5O3/c29-23-14-18(1-3-25(23)34-7-11-36-12-8-34)24-15-22-27(31-17-32-28(22)33-24)19-2-4-26(20(13-19)16-30)37-21-5-9-35-10-6-21/h1-4,13-15,17,21H,5-12H2,(H,31,32,33). The fourth-order valence-corrected chi connectivity index (χ4v) is 4.90. The third-order valence-electron chi connectivity index (χ3n) is 6.87. The Balaban J connectivity index is 1.31. The minimum absolute atomic E-state index is 0.0414. The van der Waals surface area contributed by atoms with E-state index in [4.69, 9.17) is 14.2 Å². The van der Waals surface area contributed by atoms with Gasteiger partial charge in [0, 0.05) is 48.1 Å². The number of fused-ring (bicyclic) bond motifs is 1. The Labute approximate surface area is 213 Å². The highest BCUT2D eigenvalue weighted by molar-refractivity contribution is 5.94. The number of rotatable bonds is 5. The Morgan fingerprint density at radius 1 is 0.973 bits per heavy atom. The molecule has 0 saturated carbocycles. The molecule has 2 aliphatic rings. The van der Waals surface area contributed by atoms with Gasteiger partial charge >= 0.3 is 0 Å². The summed E-state index contributed by atoms with van der Waals surface area (Å²) < 4.78 is 31.9. The molecule has 2 fully saturated rings. The van der Waals surface area contributed by atoms with Crippen molar-refractivity contribution in [1.29, 1.82) is 5.26 Å². The van der Waals surface area contributed by atoms with Crippen LogP contribution in [0.25, 0.3) is 33.5 Å². The minimum Gasteiger partial charge on any atom is -0.489 e. The molecule has 1 N–H and O–H groups in total. The fraction of sp³-hybridized carbons (Fsp3) is 0.321. The Morgan fingerprint density at radius 2 is 1.76 bits per heavy atom. The lowest BCUT2D eigenvalue weighted by molar-refractivity contribution is 0.0254. The van der Waals surface area contributed by atoms with E-state index in [0.29, 0.717) is 67.9 Å². The minimum atomic E-state index is -0.275.